The van der Waals surface area contributed by atoms with Crippen molar-refractivity contribution in [1.82, 2.24) is 0 Å². The number of aryl methyl sites for hydroxylation is 1. The fourth-order valence-electron chi connectivity index (χ4n) is 2.47. The van der Waals surface area contributed by atoms with Gasteiger partial charge in [0.15, 0.2) is 4.98 Å². The van der Waals surface area contributed by atoms with Gasteiger partial charge in [-0.2, -0.15) is 0 Å². The largest absolute Gasteiger partial charge is 0.493 e. The number of unbranched alkanes of at least 4 members (excludes halogenated alkanes) is 6. The molecule has 1 rings (SSSR count). The Morgan fingerprint density at radius 3 is 2.04 bits per heavy atom. The second kappa shape index (κ2) is 11.8. The Hall–Kier alpha value is -1.76. The molecule has 128 valence electrons. The highest BCUT2D eigenvalue weighted by atomic mass is 16.5. The molecule has 0 spiro atoms. The lowest BCUT2D eigenvalue weighted by Crippen LogP contribution is -2.01. The van der Waals surface area contributed by atoms with Gasteiger partial charge in [-0.3, -0.25) is 0 Å². The Balaban J connectivity index is 2.58. The van der Waals surface area contributed by atoms with Crippen LogP contribution in [0.2, 0.25) is 0 Å². The molecule has 0 fully saturated rings. The molecule has 4 heteroatoms. The van der Waals surface area contributed by atoms with Crippen LogP contribution in [0, 0.1) is 12.3 Å². The third kappa shape index (κ3) is 7.36. The van der Waals surface area contributed by atoms with E-state index in [-0.39, 0.29) is 0 Å². The molecule has 0 heterocycles. The number of rotatable bonds is 12. The van der Waals surface area contributed by atoms with Crippen molar-refractivity contribution in [2.24, 2.45) is 0 Å². The first-order chi connectivity index (χ1) is 11.2. The molecule has 0 bridgehead atoms. The standard InChI is InChI=1S/C19H31N2O2/c1-4-6-8-10-12-22-17-14-16(3)19(21-20)18(15-17)23-13-11-9-7-5-2/h14-15H,4-13H2,1-3H3/q+1. The van der Waals surface area contributed by atoms with E-state index in [0.717, 1.165) is 30.6 Å². The first-order valence-corrected chi connectivity index (χ1v) is 8.98. The number of diazo groups is 1. The van der Waals surface area contributed by atoms with Crippen LogP contribution in [0.15, 0.2) is 12.1 Å². The van der Waals surface area contributed by atoms with Gasteiger partial charge in [0, 0.05) is 6.07 Å². The lowest BCUT2D eigenvalue weighted by molar-refractivity contribution is 0.291. The molecular weight excluding hydrogens is 288 g/mol. The summed E-state index contributed by atoms with van der Waals surface area (Å²) in [7, 11) is 0. The fraction of sp³-hybridized carbons (Fsp3) is 0.684. The molecule has 4 nitrogen and oxygen atoms in total. The summed E-state index contributed by atoms with van der Waals surface area (Å²) in [6.45, 7) is 7.65. The van der Waals surface area contributed by atoms with Crippen LogP contribution in [0.25, 0.3) is 4.98 Å². The summed E-state index contributed by atoms with van der Waals surface area (Å²) in [5, 5.41) is 9.21. The van der Waals surface area contributed by atoms with Crippen molar-refractivity contribution >= 4 is 5.69 Å². The Morgan fingerprint density at radius 1 is 0.870 bits per heavy atom. The highest BCUT2D eigenvalue weighted by Crippen LogP contribution is 2.36. The Morgan fingerprint density at radius 2 is 1.48 bits per heavy atom. The summed E-state index contributed by atoms with van der Waals surface area (Å²) in [5.41, 5.74) is 1.36. The summed E-state index contributed by atoms with van der Waals surface area (Å²) in [6, 6.07) is 3.74. The maximum Gasteiger partial charge on any atom is 0.429 e. The zero-order chi connectivity index (χ0) is 16.9. The van der Waals surface area contributed by atoms with Gasteiger partial charge in [0.05, 0.1) is 18.8 Å². The van der Waals surface area contributed by atoms with Crippen molar-refractivity contribution in [2.75, 3.05) is 13.2 Å². The zero-order valence-electron chi connectivity index (χ0n) is 14.9. The molecule has 0 N–H and O–H groups in total. The Kier molecular flexibility index (Phi) is 9.86. The molecule has 0 aliphatic rings. The number of hydrogen-bond donors (Lipinski definition) is 0. The highest BCUT2D eigenvalue weighted by molar-refractivity contribution is 5.64. The predicted molar refractivity (Wildman–Crippen MR) is 95.2 cm³/mol. The van der Waals surface area contributed by atoms with Gasteiger partial charge in [-0.25, -0.2) is 0 Å². The van der Waals surface area contributed by atoms with E-state index in [2.05, 4.69) is 18.8 Å². The van der Waals surface area contributed by atoms with Gasteiger partial charge in [0.1, 0.15) is 5.75 Å². The van der Waals surface area contributed by atoms with Crippen molar-refractivity contribution in [3.8, 4) is 11.5 Å². The summed E-state index contributed by atoms with van der Waals surface area (Å²) in [6.07, 6.45) is 9.33. The minimum Gasteiger partial charge on any atom is -0.493 e. The van der Waals surface area contributed by atoms with Crippen molar-refractivity contribution in [3.05, 3.63) is 22.7 Å². The molecule has 0 atom stereocenters. The van der Waals surface area contributed by atoms with Crippen molar-refractivity contribution in [3.63, 3.8) is 0 Å². The van der Waals surface area contributed by atoms with E-state index in [1.807, 2.05) is 19.1 Å². The SMILES string of the molecule is CCCCCCOc1cc(C)c([N+]#N)c(OCCCCCC)c1. The summed E-state index contributed by atoms with van der Waals surface area (Å²) in [4.78, 5) is 3.37. The number of ether oxygens (including phenoxy) is 2. The summed E-state index contributed by atoms with van der Waals surface area (Å²) >= 11 is 0. The van der Waals surface area contributed by atoms with Gasteiger partial charge in [-0.15, -0.1) is 0 Å². The van der Waals surface area contributed by atoms with Crippen LogP contribution < -0.4 is 9.47 Å². The van der Waals surface area contributed by atoms with Crippen molar-refractivity contribution < 1.29 is 9.47 Å². The van der Waals surface area contributed by atoms with E-state index in [1.165, 1.54) is 32.1 Å². The lowest BCUT2D eigenvalue weighted by Gasteiger charge is -2.09. The summed E-state index contributed by atoms with van der Waals surface area (Å²) < 4.78 is 11.6. The molecule has 1 aromatic rings. The Labute approximate surface area is 140 Å². The smallest absolute Gasteiger partial charge is 0.429 e. The number of benzene rings is 1. The van der Waals surface area contributed by atoms with Crippen LogP contribution in [0.1, 0.15) is 70.8 Å². The van der Waals surface area contributed by atoms with E-state index in [0.29, 0.717) is 24.7 Å². The molecule has 23 heavy (non-hydrogen) atoms. The van der Waals surface area contributed by atoms with E-state index in [9.17, 15) is 5.39 Å². The van der Waals surface area contributed by atoms with E-state index >= 15 is 0 Å². The topological polar surface area (TPSA) is 46.6 Å². The second-order valence-corrected chi connectivity index (χ2v) is 6.01. The molecule has 0 unspecified atom stereocenters. The third-order valence-corrected chi connectivity index (χ3v) is 3.86. The van der Waals surface area contributed by atoms with Gasteiger partial charge in [-0.1, -0.05) is 52.4 Å². The quantitative estimate of drug-likeness (QED) is 0.331. The normalized spacial score (nSPS) is 10.3. The van der Waals surface area contributed by atoms with Crippen LogP contribution in [-0.4, -0.2) is 13.2 Å². The predicted octanol–water partition coefficient (Wildman–Crippen LogP) is 6.40. The first-order valence-electron chi connectivity index (χ1n) is 8.98. The molecule has 0 radical (unpaired) electrons. The molecule has 0 saturated heterocycles. The molecule has 0 aliphatic heterocycles. The molecule has 0 saturated carbocycles. The second-order valence-electron chi connectivity index (χ2n) is 6.01. The van der Waals surface area contributed by atoms with Gasteiger partial charge >= 0.3 is 5.69 Å². The van der Waals surface area contributed by atoms with Crippen LogP contribution in [0.4, 0.5) is 5.69 Å². The third-order valence-electron chi connectivity index (χ3n) is 3.86. The molecular formula is C19H31N2O2+. The van der Waals surface area contributed by atoms with Crippen LogP contribution in [0.5, 0.6) is 11.5 Å². The fourth-order valence-corrected chi connectivity index (χ4v) is 2.47. The van der Waals surface area contributed by atoms with E-state index in [1.54, 1.807) is 0 Å². The van der Waals surface area contributed by atoms with Gasteiger partial charge in [0.2, 0.25) is 11.1 Å². The first kappa shape index (κ1) is 19.3. The zero-order valence-corrected chi connectivity index (χ0v) is 14.9. The van der Waals surface area contributed by atoms with E-state index < -0.39 is 0 Å². The van der Waals surface area contributed by atoms with Crippen LogP contribution in [0.3, 0.4) is 0 Å². The average Bonchev–Trinajstić information content (AvgIpc) is 2.54. The van der Waals surface area contributed by atoms with Gasteiger partial charge in [-0.05, 0) is 25.8 Å². The number of nitrogens with zero attached hydrogens (tertiary/aromatic N) is 2. The maximum atomic E-state index is 9.21. The van der Waals surface area contributed by atoms with E-state index in [4.69, 9.17) is 9.47 Å². The minimum absolute atomic E-state index is 0.499. The average molecular weight is 319 g/mol. The lowest BCUT2D eigenvalue weighted by atomic mass is 10.1. The van der Waals surface area contributed by atoms with Gasteiger partial charge < -0.3 is 9.47 Å². The highest BCUT2D eigenvalue weighted by Gasteiger charge is 2.21. The molecule has 0 aliphatic carbocycles. The Bertz CT molecular complexity index is 495. The molecule has 0 amide bonds. The van der Waals surface area contributed by atoms with Crippen LogP contribution >= 0.6 is 0 Å². The van der Waals surface area contributed by atoms with Gasteiger partial charge in [0.25, 0.3) is 0 Å². The maximum absolute atomic E-state index is 9.21. The van der Waals surface area contributed by atoms with Crippen molar-refractivity contribution in [2.45, 2.75) is 72.1 Å². The minimum atomic E-state index is 0.499. The van der Waals surface area contributed by atoms with Crippen molar-refractivity contribution in [1.29, 1.82) is 5.39 Å². The monoisotopic (exact) mass is 319 g/mol. The molecule has 0 aromatic heterocycles. The number of hydrogen-bond acceptors (Lipinski definition) is 3. The molecule has 1 aromatic carbocycles. The van der Waals surface area contributed by atoms with Crippen LogP contribution in [-0.2, 0) is 0 Å². The summed E-state index contributed by atoms with van der Waals surface area (Å²) in [5.74, 6) is 1.39.